The van der Waals surface area contributed by atoms with Gasteiger partial charge in [0.15, 0.2) is 16.8 Å². The van der Waals surface area contributed by atoms with Crippen molar-refractivity contribution in [2.45, 2.75) is 45.4 Å². The van der Waals surface area contributed by atoms with Crippen molar-refractivity contribution >= 4 is 40.4 Å². The van der Waals surface area contributed by atoms with Crippen molar-refractivity contribution in [2.24, 2.45) is 0 Å². The Morgan fingerprint density at radius 3 is 2.56 bits per heavy atom. The van der Waals surface area contributed by atoms with Crippen LogP contribution in [0.15, 0.2) is 49.2 Å². The van der Waals surface area contributed by atoms with Gasteiger partial charge in [-0.05, 0) is 29.7 Å². The summed E-state index contributed by atoms with van der Waals surface area (Å²) in [6.45, 7) is 7.90. The van der Waals surface area contributed by atoms with Crippen LogP contribution in [0.4, 0.5) is 5.82 Å². The lowest BCUT2D eigenvalue weighted by Gasteiger charge is -2.20. The van der Waals surface area contributed by atoms with Crippen LogP contribution in [0, 0.1) is 0 Å². The van der Waals surface area contributed by atoms with Gasteiger partial charge >= 0.3 is 0 Å². The van der Waals surface area contributed by atoms with E-state index in [9.17, 15) is 9.59 Å². The molecule has 0 radical (unpaired) electrons. The van der Waals surface area contributed by atoms with Crippen LogP contribution in [-0.4, -0.2) is 41.8 Å². The smallest absolute Gasteiger partial charge is 0.268 e. The maximum Gasteiger partial charge on any atom is 0.268 e. The number of nitrogens with zero attached hydrogens (tertiary/aromatic N) is 6. The number of hydrogen-bond acceptors (Lipinski definition) is 9. The maximum absolute atomic E-state index is 12.9. The van der Waals surface area contributed by atoms with E-state index >= 15 is 0 Å². The normalized spacial score (nSPS) is 12.2. The molecule has 0 aromatic carbocycles. The highest BCUT2D eigenvalue weighted by molar-refractivity contribution is 7.13. The summed E-state index contributed by atoms with van der Waals surface area (Å²) >= 11 is 7.40. The number of nitrogens with one attached hydrogen (secondary N) is 1. The molecule has 4 aromatic heterocycles. The van der Waals surface area contributed by atoms with Crippen LogP contribution in [0.3, 0.4) is 0 Å². The average Bonchev–Trinajstić information content (AvgIpc) is 3.36. The van der Waals surface area contributed by atoms with E-state index in [1.807, 2.05) is 39.8 Å². The number of anilines is 1. The molecule has 36 heavy (non-hydrogen) atoms. The second kappa shape index (κ2) is 10.5. The molecular weight excluding hydrogens is 498 g/mol. The maximum atomic E-state index is 12.9. The van der Waals surface area contributed by atoms with Crippen molar-refractivity contribution in [1.82, 2.24) is 30.1 Å². The molecule has 1 unspecified atom stereocenters. The zero-order valence-corrected chi connectivity index (χ0v) is 21.8. The van der Waals surface area contributed by atoms with Crippen molar-refractivity contribution in [2.75, 3.05) is 5.32 Å². The van der Waals surface area contributed by atoms with Gasteiger partial charge in [-0.2, -0.15) is 0 Å². The number of carbonyl (C=O) groups is 2. The predicted molar refractivity (Wildman–Crippen MR) is 138 cm³/mol. The van der Waals surface area contributed by atoms with Crippen LogP contribution in [0.2, 0.25) is 5.15 Å². The van der Waals surface area contributed by atoms with E-state index in [2.05, 4.69) is 35.5 Å². The molecule has 0 fully saturated rings. The number of ketones is 1. The van der Waals surface area contributed by atoms with Gasteiger partial charge in [0.2, 0.25) is 0 Å². The molecule has 0 bridgehead atoms. The first-order valence-electron chi connectivity index (χ1n) is 11.2. The Hall–Kier alpha value is -3.63. The minimum absolute atomic E-state index is 0.132. The van der Waals surface area contributed by atoms with Gasteiger partial charge in [0.05, 0.1) is 16.9 Å². The topological polar surface area (TPSA) is 124 Å². The molecule has 0 saturated heterocycles. The number of Topliss-reactive ketones (excluding diaryl/α,β-unsaturated/α-hetero) is 1. The minimum atomic E-state index is -0.355. The van der Waals surface area contributed by atoms with Crippen LogP contribution in [0.1, 0.15) is 70.8 Å². The van der Waals surface area contributed by atoms with Crippen LogP contribution in [0.5, 0.6) is 0 Å². The summed E-state index contributed by atoms with van der Waals surface area (Å²) in [5.41, 5.74) is 2.36. The molecule has 0 aliphatic rings. The zero-order chi connectivity index (χ0) is 25.9. The van der Waals surface area contributed by atoms with Crippen molar-refractivity contribution in [3.05, 3.63) is 75.5 Å². The molecule has 9 nitrogen and oxygen atoms in total. The number of carbonyl (C=O) groups excluding carboxylic acids is 2. The molecule has 0 aliphatic carbocycles. The molecule has 0 spiro atoms. The van der Waals surface area contributed by atoms with Crippen molar-refractivity contribution in [3.63, 3.8) is 0 Å². The Kier molecular flexibility index (Phi) is 7.46. The Balaban J connectivity index is 1.43. The quantitative estimate of drug-likeness (QED) is 0.322. The second-order valence-electron chi connectivity index (χ2n) is 9.25. The lowest BCUT2D eigenvalue weighted by Crippen LogP contribution is -2.17. The fourth-order valence-corrected chi connectivity index (χ4v) is 4.66. The SMILES string of the molecule is CC(CC(=O)c1cc(-c2ccncc2)ncn1)c1ncc(C(=O)Nc2cc(C(C)(C)C)c(Cl)nn2)s1. The number of halogens is 1. The lowest BCUT2D eigenvalue weighted by atomic mass is 9.88. The number of pyridine rings is 1. The van der Waals surface area contributed by atoms with Gasteiger partial charge in [0.1, 0.15) is 16.9 Å². The fraction of sp³-hybridized carbons (Fsp3) is 0.280. The number of rotatable bonds is 7. The molecule has 4 aromatic rings. The fourth-order valence-electron chi connectivity index (χ4n) is 3.42. The average molecular weight is 522 g/mol. The molecule has 1 N–H and O–H groups in total. The molecule has 4 rings (SSSR count). The standard InChI is InChI=1S/C25H24ClN7O2S/c1-14(9-19(34)18-11-17(29-13-30-18)15-5-7-27-8-6-15)24-28-12-20(36-24)23(35)31-21-10-16(25(2,3)4)22(26)33-32-21/h5-8,10-14H,9H2,1-4H3,(H,31,32,35). The van der Waals surface area contributed by atoms with Crippen molar-refractivity contribution < 1.29 is 9.59 Å². The highest BCUT2D eigenvalue weighted by Crippen LogP contribution is 2.30. The Morgan fingerprint density at radius 2 is 1.83 bits per heavy atom. The van der Waals surface area contributed by atoms with Crippen LogP contribution < -0.4 is 5.32 Å². The van der Waals surface area contributed by atoms with Crippen LogP contribution in [-0.2, 0) is 5.41 Å². The zero-order valence-electron chi connectivity index (χ0n) is 20.2. The van der Waals surface area contributed by atoms with Crippen LogP contribution >= 0.6 is 22.9 Å². The summed E-state index contributed by atoms with van der Waals surface area (Å²) in [7, 11) is 0. The molecule has 1 atom stereocenters. The van der Waals surface area contributed by atoms with Gasteiger partial charge in [-0.3, -0.25) is 14.6 Å². The van der Waals surface area contributed by atoms with Crippen LogP contribution in [0.25, 0.3) is 11.3 Å². The molecule has 184 valence electrons. The summed E-state index contributed by atoms with van der Waals surface area (Å²) < 4.78 is 0. The minimum Gasteiger partial charge on any atom is -0.304 e. The number of hydrogen-bond donors (Lipinski definition) is 1. The summed E-state index contributed by atoms with van der Waals surface area (Å²) in [5, 5.41) is 11.6. The second-order valence-corrected chi connectivity index (χ2v) is 10.7. The highest BCUT2D eigenvalue weighted by atomic mass is 35.5. The summed E-state index contributed by atoms with van der Waals surface area (Å²) in [4.78, 5) is 42.8. The number of amides is 1. The summed E-state index contributed by atoms with van der Waals surface area (Å²) in [6.07, 6.45) is 6.40. The van der Waals surface area contributed by atoms with E-state index in [1.54, 1.807) is 24.5 Å². The van der Waals surface area contributed by atoms with Gasteiger partial charge in [-0.25, -0.2) is 15.0 Å². The largest absolute Gasteiger partial charge is 0.304 e. The van der Waals surface area contributed by atoms with E-state index in [4.69, 9.17) is 11.6 Å². The van der Waals surface area contributed by atoms with E-state index in [1.165, 1.54) is 23.9 Å². The third-order valence-corrected chi connectivity index (χ3v) is 6.89. The first-order valence-corrected chi connectivity index (χ1v) is 12.4. The van der Waals surface area contributed by atoms with E-state index < -0.39 is 0 Å². The molecule has 1 amide bonds. The summed E-state index contributed by atoms with van der Waals surface area (Å²) in [6, 6.07) is 7.03. The number of thiazole rings is 1. The molecule has 0 saturated carbocycles. The monoisotopic (exact) mass is 521 g/mol. The van der Waals surface area contributed by atoms with E-state index in [-0.39, 0.29) is 29.4 Å². The third kappa shape index (κ3) is 5.95. The lowest BCUT2D eigenvalue weighted by molar-refractivity contribution is 0.0969. The summed E-state index contributed by atoms with van der Waals surface area (Å²) in [5.74, 6) is -0.383. The predicted octanol–water partition coefficient (Wildman–Crippen LogP) is 5.36. The first kappa shape index (κ1) is 25.5. The van der Waals surface area contributed by atoms with E-state index in [0.29, 0.717) is 32.2 Å². The van der Waals surface area contributed by atoms with Gasteiger partial charge in [-0.15, -0.1) is 21.5 Å². The van der Waals surface area contributed by atoms with Gasteiger partial charge in [0.25, 0.3) is 5.91 Å². The number of aromatic nitrogens is 6. The van der Waals surface area contributed by atoms with Crippen molar-refractivity contribution in [1.29, 1.82) is 0 Å². The molecule has 4 heterocycles. The van der Waals surface area contributed by atoms with Gasteiger partial charge in [-0.1, -0.05) is 39.3 Å². The van der Waals surface area contributed by atoms with E-state index in [0.717, 1.165) is 11.1 Å². The highest BCUT2D eigenvalue weighted by Gasteiger charge is 2.22. The van der Waals surface area contributed by atoms with Crippen molar-refractivity contribution in [3.8, 4) is 11.3 Å². The third-order valence-electron chi connectivity index (χ3n) is 5.39. The molecule has 0 aliphatic heterocycles. The Bertz CT molecular complexity index is 1400. The Morgan fingerprint density at radius 1 is 1.08 bits per heavy atom. The van der Waals surface area contributed by atoms with Gasteiger partial charge < -0.3 is 5.32 Å². The molecular formula is C25H24ClN7O2S. The first-order chi connectivity index (χ1) is 17.1. The molecule has 11 heteroatoms. The van der Waals surface area contributed by atoms with Gasteiger partial charge in [0, 0.05) is 35.9 Å². The Labute approximate surface area is 217 Å².